The summed E-state index contributed by atoms with van der Waals surface area (Å²) in [6.45, 7) is 6.90. The number of nitrogens with zero attached hydrogens (tertiary/aromatic N) is 1. The van der Waals surface area contributed by atoms with E-state index >= 15 is 0 Å². The molecular weight excluding hydrogens is 182 g/mol. The van der Waals surface area contributed by atoms with Gasteiger partial charge in [-0.3, -0.25) is 0 Å². The molecule has 2 heteroatoms. The molecule has 1 nitrogen and oxygen atoms in total. The number of benzene rings is 1. The van der Waals surface area contributed by atoms with E-state index in [1.165, 1.54) is 11.1 Å². The number of fused-ring (bicyclic) bond motifs is 1. The Morgan fingerprint density at radius 2 is 2.31 bits per heavy atom. The van der Waals surface area contributed by atoms with Gasteiger partial charge in [-0.1, -0.05) is 23.8 Å². The number of aryl methyl sites for hydroxylation is 1. The first-order valence-electron chi connectivity index (χ1n) is 4.45. The van der Waals surface area contributed by atoms with Crippen LogP contribution in [0.1, 0.15) is 29.3 Å². The first kappa shape index (κ1) is 8.59. The molecule has 1 atom stereocenters. The summed E-state index contributed by atoms with van der Waals surface area (Å²) in [4.78, 5) is 3.41. The summed E-state index contributed by atoms with van der Waals surface area (Å²) < 4.78 is 0. The van der Waals surface area contributed by atoms with Crippen LogP contribution in [0, 0.1) is 6.57 Å². The Morgan fingerprint density at radius 3 is 3.08 bits per heavy atom. The lowest BCUT2D eigenvalue weighted by Crippen LogP contribution is -2.04. The summed E-state index contributed by atoms with van der Waals surface area (Å²) >= 11 is 6.17. The molecule has 1 aliphatic rings. The van der Waals surface area contributed by atoms with Gasteiger partial charge >= 0.3 is 0 Å². The number of alkyl halides is 1. The van der Waals surface area contributed by atoms with E-state index in [0.29, 0.717) is 0 Å². The quantitative estimate of drug-likeness (QED) is 0.433. The SMILES string of the molecule is [C-]#[N+]c1ccc2c(c1)CCCC2Cl. The maximum Gasteiger partial charge on any atom is 0.187 e. The zero-order valence-electron chi connectivity index (χ0n) is 7.26. The van der Waals surface area contributed by atoms with Gasteiger partial charge in [-0.2, -0.15) is 0 Å². The summed E-state index contributed by atoms with van der Waals surface area (Å²) in [5.41, 5.74) is 3.21. The molecule has 13 heavy (non-hydrogen) atoms. The van der Waals surface area contributed by atoms with Crippen molar-refractivity contribution in [2.75, 3.05) is 0 Å². The second kappa shape index (κ2) is 3.40. The molecule has 0 spiro atoms. The largest absolute Gasteiger partial charge is 0.238 e. The number of halogens is 1. The Morgan fingerprint density at radius 1 is 1.46 bits per heavy atom. The highest BCUT2D eigenvalue weighted by Crippen LogP contribution is 2.36. The van der Waals surface area contributed by atoms with Gasteiger partial charge in [0, 0.05) is 0 Å². The second-order valence-corrected chi connectivity index (χ2v) is 3.88. The highest BCUT2D eigenvalue weighted by Gasteiger charge is 2.17. The van der Waals surface area contributed by atoms with Gasteiger partial charge in [-0.05, 0) is 24.8 Å². The van der Waals surface area contributed by atoms with Crippen LogP contribution in [0.5, 0.6) is 0 Å². The van der Waals surface area contributed by atoms with Crippen molar-refractivity contribution >= 4 is 17.3 Å². The van der Waals surface area contributed by atoms with Crippen molar-refractivity contribution in [2.24, 2.45) is 0 Å². The van der Waals surface area contributed by atoms with Crippen LogP contribution in [-0.2, 0) is 6.42 Å². The highest BCUT2D eigenvalue weighted by atomic mass is 35.5. The lowest BCUT2D eigenvalue weighted by Gasteiger charge is -2.20. The van der Waals surface area contributed by atoms with Gasteiger partial charge in [-0.25, -0.2) is 4.85 Å². The molecule has 0 fully saturated rings. The van der Waals surface area contributed by atoms with E-state index in [-0.39, 0.29) is 5.38 Å². The molecule has 1 aliphatic carbocycles. The zero-order valence-corrected chi connectivity index (χ0v) is 8.01. The van der Waals surface area contributed by atoms with Crippen LogP contribution in [0.3, 0.4) is 0 Å². The van der Waals surface area contributed by atoms with Gasteiger partial charge in [0.15, 0.2) is 5.69 Å². The Balaban J connectivity index is 2.47. The fourth-order valence-corrected chi connectivity index (χ4v) is 2.18. The van der Waals surface area contributed by atoms with Crippen molar-refractivity contribution in [1.82, 2.24) is 0 Å². The van der Waals surface area contributed by atoms with Gasteiger partial charge in [-0.15, -0.1) is 11.6 Å². The third kappa shape index (κ3) is 1.55. The minimum Gasteiger partial charge on any atom is -0.238 e. The van der Waals surface area contributed by atoms with Gasteiger partial charge < -0.3 is 0 Å². The maximum absolute atomic E-state index is 6.90. The molecule has 1 unspecified atom stereocenters. The molecule has 0 saturated heterocycles. The minimum atomic E-state index is 0.156. The van der Waals surface area contributed by atoms with E-state index in [0.717, 1.165) is 24.9 Å². The molecule has 2 rings (SSSR count). The fraction of sp³-hybridized carbons (Fsp3) is 0.364. The smallest absolute Gasteiger partial charge is 0.187 e. The molecule has 0 saturated carbocycles. The number of rotatable bonds is 0. The molecule has 1 aromatic rings. The van der Waals surface area contributed by atoms with E-state index in [1.807, 2.05) is 18.2 Å². The van der Waals surface area contributed by atoms with E-state index < -0.39 is 0 Å². The third-order valence-electron chi connectivity index (χ3n) is 2.50. The first-order valence-corrected chi connectivity index (χ1v) is 4.89. The molecule has 0 radical (unpaired) electrons. The highest BCUT2D eigenvalue weighted by molar-refractivity contribution is 6.21. The zero-order chi connectivity index (χ0) is 9.26. The average molecular weight is 192 g/mol. The van der Waals surface area contributed by atoms with E-state index in [2.05, 4.69) is 4.85 Å². The summed E-state index contributed by atoms with van der Waals surface area (Å²) in [6, 6.07) is 5.82. The predicted octanol–water partition coefficient (Wildman–Crippen LogP) is 3.85. The first-order chi connectivity index (χ1) is 6.31. The minimum absolute atomic E-state index is 0.156. The average Bonchev–Trinajstić information content (AvgIpc) is 2.18. The van der Waals surface area contributed by atoms with Gasteiger partial charge in [0.2, 0.25) is 0 Å². The summed E-state index contributed by atoms with van der Waals surface area (Å²) in [7, 11) is 0. The standard InChI is InChI=1S/C11H10ClN/c1-13-9-5-6-10-8(7-9)3-2-4-11(10)12/h5-7,11H,2-4H2. The molecule has 0 amide bonds. The van der Waals surface area contributed by atoms with Crippen LogP contribution >= 0.6 is 11.6 Å². The lowest BCUT2D eigenvalue weighted by molar-refractivity contribution is 0.668. The van der Waals surface area contributed by atoms with Crippen molar-refractivity contribution < 1.29 is 0 Å². The predicted molar refractivity (Wildman–Crippen MR) is 54.2 cm³/mol. The van der Waals surface area contributed by atoms with Crippen molar-refractivity contribution in [1.29, 1.82) is 0 Å². The van der Waals surface area contributed by atoms with Crippen LogP contribution in [0.2, 0.25) is 0 Å². The van der Waals surface area contributed by atoms with Crippen LogP contribution in [0.4, 0.5) is 5.69 Å². The van der Waals surface area contributed by atoms with E-state index in [9.17, 15) is 0 Å². The molecule has 66 valence electrons. The van der Waals surface area contributed by atoms with Crippen molar-refractivity contribution in [3.8, 4) is 0 Å². The van der Waals surface area contributed by atoms with Gasteiger partial charge in [0.05, 0.1) is 11.9 Å². The summed E-state index contributed by atoms with van der Waals surface area (Å²) in [6.07, 6.45) is 3.27. The van der Waals surface area contributed by atoms with E-state index in [1.54, 1.807) is 0 Å². The van der Waals surface area contributed by atoms with Crippen molar-refractivity contribution in [3.05, 3.63) is 40.7 Å². The molecular formula is C11H10ClN. The molecule has 1 aromatic carbocycles. The molecule has 0 aliphatic heterocycles. The summed E-state index contributed by atoms with van der Waals surface area (Å²) in [5.74, 6) is 0. The number of hydrogen-bond acceptors (Lipinski definition) is 0. The monoisotopic (exact) mass is 191 g/mol. The van der Waals surface area contributed by atoms with Gasteiger partial charge in [0.25, 0.3) is 0 Å². The maximum atomic E-state index is 6.90. The van der Waals surface area contributed by atoms with Gasteiger partial charge in [0.1, 0.15) is 0 Å². The van der Waals surface area contributed by atoms with Crippen LogP contribution < -0.4 is 0 Å². The second-order valence-electron chi connectivity index (χ2n) is 3.35. The van der Waals surface area contributed by atoms with Crippen LogP contribution in [0.25, 0.3) is 4.85 Å². The molecule has 0 heterocycles. The number of hydrogen-bond donors (Lipinski definition) is 0. The van der Waals surface area contributed by atoms with Crippen molar-refractivity contribution in [2.45, 2.75) is 24.6 Å². The third-order valence-corrected chi connectivity index (χ3v) is 2.95. The van der Waals surface area contributed by atoms with E-state index in [4.69, 9.17) is 18.2 Å². The van der Waals surface area contributed by atoms with Crippen LogP contribution in [0.15, 0.2) is 18.2 Å². The Kier molecular flexibility index (Phi) is 2.24. The topological polar surface area (TPSA) is 4.36 Å². The Labute approximate surface area is 83.2 Å². The lowest BCUT2D eigenvalue weighted by atomic mass is 9.91. The fourth-order valence-electron chi connectivity index (χ4n) is 1.81. The normalized spacial score (nSPS) is 20.5. The summed E-state index contributed by atoms with van der Waals surface area (Å²) in [5, 5.41) is 0.156. The van der Waals surface area contributed by atoms with Crippen LogP contribution in [-0.4, -0.2) is 0 Å². The molecule has 0 bridgehead atoms. The van der Waals surface area contributed by atoms with Crippen molar-refractivity contribution in [3.63, 3.8) is 0 Å². The molecule has 0 N–H and O–H groups in total. The Bertz CT molecular complexity index is 365. The molecule has 0 aromatic heterocycles. The Hall–Kier alpha value is -1.00.